The number of nitrogens with two attached hydrogens (primary N) is 1. The summed E-state index contributed by atoms with van der Waals surface area (Å²) in [6.07, 6.45) is -5.95. The number of carboxylic acid groups (broad SMARTS) is 1. The Hall–Kier alpha value is -1.98. The first-order valence-corrected chi connectivity index (χ1v) is 8.59. The molecular formula is C14H17F3N2O5S. The molecule has 1 aromatic rings. The first-order valence-electron chi connectivity index (χ1n) is 6.98. The van der Waals surface area contributed by atoms with E-state index < -0.39 is 58.0 Å². The summed E-state index contributed by atoms with van der Waals surface area (Å²) in [6, 6.07) is 4.71. The Bertz CT molecular complexity index is 722. The number of halogens is 3. The van der Waals surface area contributed by atoms with Gasteiger partial charge in [-0.2, -0.15) is 17.6 Å². The lowest BCUT2D eigenvalue weighted by molar-refractivity contribution is -0.267. The van der Waals surface area contributed by atoms with E-state index in [2.05, 4.69) is 4.40 Å². The molecule has 0 fully saturated rings. The zero-order chi connectivity index (χ0) is 19.3. The summed E-state index contributed by atoms with van der Waals surface area (Å²) in [5.41, 5.74) is 1.30. The van der Waals surface area contributed by atoms with Crippen molar-refractivity contribution >= 4 is 22.2 Å². The van der Waals surface area contributed by atoms with Crippen molar-refractivity contribution in [2.24, 2.45) is 10.1 Å². The van der Waals surface area contributed by atoms with Gasteiger partial charge in [0.2, 0.25) is 0 Å². The molecule has 1 rings (SSSR count). The summed E-state index contributed by atoms with van der Waals surface area (Å²) < 4.78 is 66.3. The molecule has 0 spiro atoms. The van der Waals surface area contributed by atoms with E-state index in [0.29, 0.717) is 6.21 Å². The minimum Gasteiger partial charge on any atom is -0.480 e. The monoisotopic (exact) mass is 382 g/mol. The van der Waals surface area contributed by atoms with Gasteiger partial charge in [0, 0.05) is 19.1 Å². The van der Waals surface area contributed by atoms with Crippen LogP contribution in [0.3, 0.4) is 0 Å². The number of benzene rings is 1. The van der Waals surface area contributed by atoms with Crippen LogP contribution in [0.1, 0.15) is 18.4 Å². The molecular weight excluding hydrogens is 365 g/mol. The van der Waals surface area contributed by atoms with Crippen molar-refractivity contribution in [2.75, 3.05) is 5.75 Å². The summed E-state index contributed by atoms with van der Waals surface area (Å²) in [6.45, 7) is 0. The topological polar surface area (TPSA) is 130 Å². The first kappa shape index (κ1) is 21.1. The number of hydrogen-bond acceptors (Lipinski definition) is 5. The van der Waals surface area contributed by atoms with Crippen molar-refractivity contribution in [1.82, 2.24) is 0 Å². The number of hydrogen-bond donors (Lipinski definition) is 3. The number of aliphatic hydroxyl groups is 1. The Kier molecular flexibility index (Phi) is 6.68. The minimum absolute atomic E-state index is 0.406. The molecule has 140 valence electrons. The zero-order valence-corrected chi connectivity index (χ0v) is 13.7. The molecule has 0 aliphatic heterocycles. The van der Waals surface area contributed by atoms with Crippen LogP contribution in [0.25, 0.3) is 0 Å². The number of sulfonamides is 1. The fraction of sp³-hybridized carbons (Fsp3) is 0.429. The summed E-state index contributed by atoms with van der Waals surface area (Å²) in [7, 11) is -4.34. The molecule has 0 saturated heterocycles. The van der Waals surface area contributed by atoms with E-state index >= 15 is 0 Å². The van der Waals surface area contributed by atoms with Gasteiger partial charge in [-0.1, -0.05) is 30.3 Å². The van der Waals surface area contributed by atoms with E-state index in [1.807, 2.05) is 0 Å². The highest BCUT2D eigenvalue weighted by atomic mass is 32.2. The van der Waals surface area contributed by atoms with Gasteiger partial charge in [0.25, 0.3) is 10.0 Å². The molecule has 11 heteroatoms. The van der Waals surface area contributed by atoms with Crippen LogP contribution in [-0.4, -0.2) is 48.8 Å². The van der Waals surface area contributed by atoms with Crippen LogP contribution < -0.4 is 5.73 Å². The fourth-order valence-corrected chi connectivity index (χ4v) is 2.84. The molecule has 25 heavy (non-hydrogen) atoms. The molecule has 4 N–H and O–H groups in total. The highest BCUT2D eigenvalue weighted by Crippen LogP contribution is 2.41. The van der Waals surface area contributed by atoms with E-state index in [-0.39, 0.29) is 0 Å². The second kappa shape index (κ2) is 7.93. The minimum atomic E-state index is -5.10. The third-order valence-electron chi connectivity index (χ3n) is 3.35. The summed E-state index contributed by atoms with van der Waals surface area (Å²) in [5.74, 6) is -2.46. The smallest absolute Gasteiger partial charge is 0.421 e. The standard InChI is InChI=1S/C14H17F3N2O5S/c15-14(16,17)13(22,10-4-2-1-3-5-10)7-9-25(23,24)19-8-6-11(18)12(20)21/h1-5,8,11,22H,6-7,9,18H2,(H,20,21)/b19-8+. The Morgan fingerprint density at radius 2 is 1.84 bits per heavy atom. The number of carbonyl (C=O) groups is 1. The molecule has 0 aromatic heterocycles. The zero-order valence-electron chi connectivity index (χ0n) is 12.8. The van der Waals surface area contributed by atoms with Gasteiger partial charge in [0.05, 0.1) is 5.75 Å². The largest absolute Gasteiger partial charge is 0.480 e. The summed E-state index contributed by atoms with van der Waals surface area (Å²) >= 11 is 0. The van der Waals surface area contributed by atoms with Gasteiger partial charge in [0.15, 0.2) is 5.60 Å². The maximum atomic E-state index is 13.2. The molecule has 7 nitrogen and oxygen atoms in total. The van der Waals surface area contributed by atoms with Crippen molar-refractivity contribution in [3.05, 3.63) is 35.9 Å². The van der Waals surface area contributed by atoms with E-state index in [9.17, 15) is 31.5 Å². The van der Waals surface area contributed by atoms with Gasteiger partial charge in [-0.15, -0.1) is 0 Å². The lowest BCUT2D eigenvalue weighted by Gasteiger charge is -2.30. The van der Waals surface area contributed by atoms with Crippen LogP contribution in [0.5, 0.6) is 0 Å². The van der Waals surface area contributed by atoms with E-state index in [4.69, 9.17) is 10.8 Å². The lowest BCUT2D eigenvalue weighted by atomic mass is 9.90. The third kappa shape index (κ3) is 5.80. The maximum absolute atomic E-state index is 13.2. The SMILES string of the molecule is NC(C/C=N/S(=O)(=O)CCC(O)(c1ccccc1)C(F)(F)F)C(=O)O. The number of carboxylic acids is 1. The van der Waals surface area contributed by atoms with Crippen molar-refractivity contribution < 1.29 is 36.6 Å². The van der Waals surface area contributed by atoms with Crippen molar-refractivity contribution in [3.63, 3.8) is 0 Å². The van der Waals surface area contributed by atoms with Crippen LogP contribution in [-0.2, 0) is 20.4 Å². The summed E-state index contributed by atoms with van der Waals surface area (Å²) in [4.78, 5) is 10.5. The van der Waals surface area contributed by atoms with Crippen molar-refractivity contribution in [2.45, 2.75) is 30.7 Å². The predicted octanol–water partition coefficient (Wildman–Crippen LogP) is 1.03. The predicted molar refractivity (Wildman–Crippen MR) is 83.5 cm³/mol. The van der Waals surface area contributed by atoms with E-state index in [0.717, 1.165) is 12.1 Å². The van der Waals surface area contributed by atoms with Gasteiger partial charge < -0.3 is 15.9 Å². The highest BCUT2D eigenvalue weighted by molar-refractivity contribution is 7.90. The maximum Gasteiger partial charge on any atom is 0.421 e. The molecule has 0 heterocycles. The first-order chi connectivity index (χ1) is 11.4. The normalized spacial score (nSPS) is 16.5. The Morgan fingerprint density at radius 1 is 1.28 bits per heavy atom. The third-order valence-corrected chi connectivity index (χ3v) is 4.54. The van der Waals surface area contributed by atoms with Crippen LogP contribution in [0.15, 0.2) is 34.7 Å². The van der Waals surface area contributed by atoms with Crippen molar-refractivity contribution in [1.29, 1.82) is 0 Å². The van der Waals surface area contributed by atoms with Crippen LogP contribution in [0, 0.1) is 0 Å². The highest BCUT2D eigenvalue weighted by Gasteiger charge is 2.54. The van der Waals surface area contributed by atoms with E-state index in [1.54, 1.807) is 0 Å². The van der Waals surface area contributed by atoms with Gasteiger partial charge in [-0.3, -0.25) is 4.79 Å². The molecule has 1 aromatic carbocycles. The molecule has 0 radical (unpaired) electrons. The Morgan fingerprint density at radius 3 is 2.32 bits per heavy atom. The quantitative estimate of drug-likeness (QED) is 0.576. The van der Waals surface area contributed by atoms with Crippen LogP contribution >= 0.6 is 0 Å². The van der Waals surface area contributed by atoms with Gasteiger partial charge in [-0.25, -0.2) is 8.42 Å². The second-order valence-electron chi connectivity index (χ2n) is 5.23. The molecule has 2 atom stereocenters. The average molecular weight is 382 g/mol. The molecule has 0 saturated carbocycles. The number of nitrogens with zero attached hydrogens (tertiary/aromatic N) is 1. The van der Waals surface area contributed by atoms with Gasteiger partial charge >= 0.3 is 12.1 Å². The van der Waals surface area contributed by atoms with Crippen LogP contribution in [0.2, 0.25) is 0 Å². The van der Waals surface area contributed by atoms with E-state index in [1.165, 1.54) is 18.2 Å². The summed E-state index contributed by atoms with van der Waals surface area (Å²) in [5, 5.41) is 18.6. The van der Waals surface area contributed by atoms with Gasteiger partial charge in [-0.05, 0) is 5.56 Å². The number of alkyl halides is 3. The number of aliphatic carboxylic acids is 1. The van der Waals surface area contributed by atoms with Gasteiger partial charge in [0.1, 0.15) is 6.04 Å². The molecule has 0 aliphatic rings. The molecule has 0 amide bonds. The molecule has 0 aliphatic carbocycles. The van der Waals surface area contributed by atoms with Crippen molar-refractivity contribution in [3.8, 4) is 0 Å². The lowest BCUT2D eigenvalue weighted by Crippen LogP contribution is -2.43. The van der Waals surface area contributed by atoms with Crippen LogP contribution in [0.4, 0.5) is 13.2 Å². The Labute approximate surface area is 142 Å². The average Bonchev–Trinajstić information content (AvgIpc) is 2.52. The second-order valence-corrected chi connectivity index (χ2v) is 7.01. The fourth-order valence-electron chi connectivity index (χ4n) is 1.86. The molecule has 2 unspecified atom stereocenters. The Balaban J connectivity index is 2.90. The molecule has 0 bridgehead atoms. The number of rotatable bonds is 8.